The number of hydrogen-bond donors (Lipinski definition) is 1. The molecule has 0 unspecified atom stereocenters. The monoisotopic (exact) mass is 363 g/mol. The minimum Gasteiger partial charge on any atom is -0.436 e. The number of nitrogens with two attached hydrogens (primary N) is 1. The highest BCUT2D eigenvalue weighted by atomic mass is 32.2. The molecule has 0 saturated heterocycles. The maximum absolute atomic E-state index is 14.5. The second-order valence-corrected chi connectivity index (χ2v) is 8.20. The first-order valence-electron chi connectivity index (χ1n) is 7.79. The SMILES string of the molecule is CC1(C)SC[C@@](C)(c2cc(Oc3ncccc3F)ccc2F)N=C1N. The Labute approximate surface area is 149 Å². The summed E-state index contributed by atoms with van der Waals surface area (Å²) in [5.41, 5.74) is 5.60. The van der Waals surface area contributed by atoms with E-state index in [1.165, 1.54) is 36.5 Å². The van der Waals surface area contributed by atoms with Gasteiger partial charge in [-0.2, -0.15) is 0 Å². The van der Waals surface area contributed by atoms with Crippen molar-refractivity contribution in [2.24, 2.45) is 10.7 Å². The maximum Gasteiger partial charge on any atom is 0.255 e. The number of ether oxygens (including phenoxy) is 1. The Morgan fingerprint density at radius 1 is 1.16 bits per heavy atom. The van der Waals surface area contributed by atoms with E-state index < -0.39 is 17.2 Å². The van der Waals surface area contributed by atoms with Crippen molar-refractivity contribution in [1.29, 1.82) is 0 Å². The van der Waals surface area contributed by atoms with E-state index in [0.29, 0.717) is 22.9 Å². The fraction of sp³-hybridized carbons (Fsp3) is 0.333. The van der Waals surface area contributed by atoms with Gasteiger partial charge in [-0.1, -0.05) is 0 Å². The van der Waals surface area contributed by atoms with Crippen LogP contribution in [0.2, 0.25) is 0 Å². The molecule has 0 spiro atoms. The molecule has 2 aromatic rings. The van der Waals surface area contributed by atoms with Crippen LogP contribution in [0.15, 0.2) is 41.5 Å². The molecule has 1 aliphatic rings. The minimum atomic E-state index is -0.823. The molecular formula is C18H19F2N3OS. The van der Waals surface area contributed by atoms with Crippen molar-refractivity contribution in [3.8, 4) is 11.6 Å². The van der Waals surface area contributed by atoms with E-state index in [2.05, 4.69) is 9.98 Å². The predicted octanol–water partition coefficient (Wildman–Crippen LogP) is 4.25. The van der Waals surface area contributed by atoms with Gasteiger partial charge in [0.25, 0.3) is 5.88 Å². The van der Waals surface area contributed by atoms with E-state index in [-0.39, 0.29) is 10.6 Å². The molecule has 2 heterocycles. The number of halogens is 2. The van der Waals surface area contributed by atoms with Crippen molar-refractivity contribution < 1.29 is 13.5 Å². The third-order valence-electron chi connectivity index (χ3n) is 4.16. The summed E-state index contributed by atoms with van der Waals surface area (Å²) in [5.74, 6) is 0.169. The number of hydrogen-bond acceptors (Lipinski definition) is 5. The first-order valence-corrected chi connectivity index (χ1v) is 8.78. The molecule has 1 atom stereocenters. The van der Waals surface area contributed by atoms with E-state index in [4.69, 9.17) is 10.5 Å². The van der Waals surface area contributed by atoms with Crippen molar-refractivity contribution >= 4 is 17.6 Å². The van der Waals surface area contributed by atoms with Crippen LogP contribution >= 0.6 is 11.8 Å². The zero-order valence-electron chi connectivity index (χ0n) is 14.2. The highest BCUT2D eigenvalue weighted by molar-refractivity contribution is 8.01. The number of thioether (sulfide) groups is 1. The van der Waals surface area contributed by atoms with Crippen molar-refractivity contribution in [3.05, 3.63) is 53.7 Å². The lowest BCUT2D eigenvalue weighted by atomic mass is 9.93. The summed E-state index contributed by atoms with van der Waals surface area (Å²) < 4.78 is 33.4. The topological polar surface area (TPSA) is 60.5 Å². The second kappa shape index (κ2) is 6.29. The van der Waals surface area contributed by atoms with Crippen LogP contribution in [0.3, 0.4) is 0 Å². The molecular weight excluding hydrogens is 344 g/mol. The van der Waals surface area contributed by atoms with Crippen LogP contribution in [0, 0.1) is 11.6 Å². The predicted molar refractivity (Wildman–Crippen MR) is 96.2 cm³/mol. The molecule has 3 rings (SSSR count). The molecule has 132 valence electrons. The van der Waals surface area contributed by atoms with Crippen LogP contribution in [0.4, 0.5) is 8.78 Å². The molecule has 0 fully saturated rings. The van der Waals surface area contributed by atoms with Crippen LogP contribution in [-0.2, 0) is 5.54 Å². The average molecular weight is 363 g/mol. The molecule has 1 aromatic heterocycles. The Morgan fingerprint density at radius 3 is 2.60 bits per heavy atom. The van der Waals surface area contributed by atoms with E-state index in [1.807, 2.05) is 20.8 Å². The van der Waals surface area contributed by atoms with E-state index >= 15 is 0 Å². The van der Waals surface area contributed by atoms with Crippen molar-refractivity contribution in [1.82, 2.24) is 4.98 Å². The van der Waals surface area contributed by atoms with Gasteiger partial charge in [0.1, 0.15) is 17.4 Å². The molecule has 7 heteroatoms. The number of nitrogens with zero attached hydrogens (tertiary/aromatic N) is 2. The van der Waals surface area contributed by atoms with Gasteiger partial charge in [-0.15, -0.1) is 11.8 Å². The van der Waals surface area contributed by atoms with E-state index in [1.54, 1.807) is 11.8 Å². The van der Waals surface area contributed by atoms with Crippen LogP contribution in [0.1, 0.15) is 26.3 Å². The number of benzene rings is 1. The average Bonchev–Trinajstić information content (AvgIpc) is 2.56. The minimum absolute atomic E-state index is 0.160. The largest absolute Gasteiger partial charge is 0.436 e. The van der Waals surface area contributed by atoms with Crippen LogP contribution in [0.25, 0.3) is 0 Å². The first-order chi connectivity index (χ1) is 11.7. The number of pyridine rings is 1. The van der Waals surface area contributed by atoms with Gasteiger partial charge in [0.2, 0.25) is 0 Å². The van der Waals surface area contributed by atoms with Crippen molar-refractivity contribution in [3.63, 3.8) is 0 Å². The van der Waals surface area contributed by atoms with E-state index in [9.17, 15) is 8.78 Å². The Bertz CT molecular complexity index is 841. The summed E-state index contributed by atoms with van der Waals surface area (Å²) in [6.07, 6.45) is 1.43. The van der Waals surface area contributed by atoms with Gasteiger partial charge in [-0.3, -0.25) is 4.99 Å². The molecule has 0 amide bonds. The van der Waals surface area contributed by atoms with Gasteiger partial charge in [-0.05, 0) is 51.1 Å². The number of aliphatic imine (C=N–C) groups is 1. The normalized spacial score (nSPS) is 22.4. The lowest BCUT2D eigenvalue weighted by molar-refractivity contribution is 0.417. The third-order valence-corrected chi connectivity index (χ3v) is 5.79. The van der Waals surface area contributed by atoms with Gasteiger partial charge >= 0.3 is 0 Å². The molecule has 0 radical (unpaired) electrons. The number of amidine groups is 1. The molecule has 25 heavy (non-hydrogen) atoms. The highest BCUT2D eigenvalue weighted by Crippen LogP contribution is 2.42. The Balaban J connectivity index is 1.98. The summed E-state index contributed by atoms with van der Waals surface area (Å²) in [7, 11) is 0. The number of rotatable bonds is 3. The summed E-state index contributed by atoms with van der Waals surface area (Å²) in [6.45, 7) is 5.79. The molecule has 2 N–H and O–H groups in total. The quantitative estimate of drug-likeness (QED) is 0.886. The highest BCUT2D eigenvalue weighted by Gasteiger charge is 2.39. The Hall–Kier alpha value is -2.15. The Kier molecular flexibility index (Phi) is 4.45. The maximum atomic E-state index is 14.5. The molecule has 0 bridgehead atoms. The first kappa shape index (κ1) is 17.7. The van der Waals surface area contributed by atoms with Gasteiger partial charge in [0, 0.05) is 17.5 Å². The summed E-state index contributed by atoms with van der Waals surface area (Å²) in [5, 5.41) is 0. The fourth-order valence-corrected chi connectivity index (χ4v) is 3.56. The standard InChI is InChI=1S/C18H19F2N3OS/c1-17(2)16(21)23-18(3,10-25-17)12-9-11(6-7-13(12)19)24-15-14(20)5-4-8-22-15/h4-9H,10H2,1-3H3,(H2,21,23)/t18-/m0/s1. The lowest BCUT2D eigenvalue weighted by Gasteiger charge is -2.37. The molecule has 0 saturated carbocycles. The smallest absolute Gasteiger partial charge is 0.255 e. The van der Waals surface area contributed by atoms with Crippen molar-refractivity contribution in [2.45, 2.75) is 31.1 Å². The van der Waals surface area contributed by atoms with Gasteiger partial charge < -0.3 is 10.5 Å². The van der Waals surface area contributed by atoms with Gasteiger partial charge in [0.05, 0.1) is 10.3 Å². The summed E-state index contributed by atoms with van der Waals surface area (Å²) >= 11 is 1.62. The number of aromatic nitrogens is 1. The lowest BCUT2D eigenvalue weighted by Crippen LogP contribution is -2.44. The summed E-state index contributed by atoms with van der Waals surface area (Å²) in [6, 6.07) is 6.96. The van der Waals surface area contributed by atoms with Crippen LogP contribution in [0.5, 0.6) is 11.6 Å². The molecule has 1 aliphatic heterocycles. The zero-order chi connectivity index (χ0) is 18.2. The molecule has 4 nitrogen and oxygen atoms in total. The van der Waals surface area contributed by atoms with Crippen LogP contribution < -0.4 is 10.5 Å². The Morgan fingerprint density at radius 2 is 1.92 bits per heavy atom. The van der Waals surface area contributed by atoms with Gasteiger partial charge in [0.15, 0.2) is 5.82 Å². The molecule has 1 aromatic carbocycles. The van der Waals surface area contributed by atoms with E-state index in [0.717, 1.165) is 0 Å². The van der Waals surface area contributed by atoms with Gasteiger partial charge in [-0.25, -0.2) is 13.8 Å². The summed E-state index contributed by atoms with van der Waals surface area (Å²) in [4.78, 5) is 8.40. The van der Waals surface area contributed by atoms with Crippen LogP contribution in [-0.4, -0.2) is 21.3 Å². The second-order valence-electron chi connectivity index (χ2n) is 6.60. The zero-order valence-corrected chi connectivity index (χ0v) is 15.0. The molecule has 0 aliphatic carbocycles. The van der Waals surface area contributed by atoms with Crippen molar-refractivity contribution in [2.75, 3.05) is 5.75 Å². The fourth-order valence-electron chi connectivity index (χ4n) is 2.50. The third kappa shape index (κ3) is 3.46.